The third-order valence-corrected chi connectivity index (χ3v) is 8.89. The summed E-state index contributed by atoms with van der Waals surface area (Å²) in [5.41, 5.74) is 0.659. The van der Waals surface area contributed by atoms with Gasteiger partial charge < -0.3 is 0 Å². The molecule has 1 radical (unpaired) electrons. The van der Waals surface area contributed by atoms with Crippen molar-refractivity contribution in [3.63, 3.8) is 0 Å². The summed E-state index contributed by atoms with van der Waals surface area (Å²) in [7, 11) is 1.31. The van der Waals surface area contributed by atoms with Crippen molar-refractivity contribution in [3.05, 3.63) is 81.1 Å². The number of aromatic nitrogens is 3. The Hall–Kier alpha value is -2.87. The topological polar surface area (TPSA) is 85.1 Å². The summed E-state index contributed by atoms with van der Waals surface area (Å²) < 4.78 is 40.2. The molecule has 0 bridgehead atoms. The predicted molar refractivity (Wildman–Crippen MR) is 135 cm³/mol. The van der Waals surface area contributed by atoms with Crippen molar-refractivity contribution in [3.8, 4) is 11.3 Å². The molecule has 0 amide bonds. The molecule has 0 saturated carbocycles. The molecule has 2 aromatic heterocycles. The van der Waals surface area contributed by atoms with Crippen LogP contribution in [0, 0.1) is 6.92 Å². The van der Waals surface area contributed by atoms with Crippen LogP contribution in [0.1, 0.15) is 27.2 Å². The molecule has 1 unspecified atom stereocenters. The molecule has 4 rings (SSSR count). The van der Waals surface area contributed by atoms with Gasteiger partial charge in [-0.2, -0.15) is 0 Å². The van der Waals surface area contributed by atoms with E-state index >= 15 is 0 Å². The van der Waals surface area contributed by atoms with Crippen molar-refractivity contribution in [1.82, 2.24) is 14.8 Å². The van der Waals surface area contributed by atoms with Gasteiger partial charge in [-0.1, -0.05) is 0 Å². The van der Waals surface area contributed by atoms with E-state index in [-0.39, 0.29) is 27.4 Å². The zero-order chi connectivity index (χ0) is 27.1. The Labute approximate surface area is 226 Å². The number of hydrogen-bond acceptors (Lipinski definition) is 4. The quantitative estimate of drug-likeness (QED) is 0.251. The van der Waals surface area contributed by atoms with Crippen LogP contribution in [0.2, 0.25) is 14.9 Å². The number of nitrogens with zero attached hydrogens (tertiary/aromatic N) is 3. The number of aryl methyl sites for hydroxylation is 2. The standard InChI is InChI=1S/C25H18AsCl2F3N3O3/c1-12-4-3-5-16(27)19(12)22(35)26-15(24(36)37)11-13-6-8-17-14(10-13)7-9-18(32-17)20-21(25(29,30)31)33-34(2)23(20)28/h3-10,15H,11H2,1-2H3,(H,36,37). The summed E-state index contributed by atoms with van der Waals surface area (Å²) in [5.74, 6) is -1.09. The average molecular weight is 611 g/mol. The van der Waals surface area contributed by atoms with Gasteiger partial charge in [0, 0.05) is 0 Å². The number of pyridine rings is 1. The Morgan fingerprint density at radius 1 is 1.14 bits per heavy atom. The minimum atomic E-state index is -4.71. The third kappa shape index (κ3) is 5.69. The first-order chi connectivity index (χ1) is 17.4. The van der Waals surface area contributed by atoms with Crippen LogP contribution in [0.15, 0.2) is 48.5 Å². The van der Waals surface area contributed by atoms with E-state index in [1.807, 2.05) is 0 Å². The van der Waals surface area contributed by atoms with Gasteiger partial charge in [-0.15, -0.1) is 0 Å². The van der Waals surface area contributed by atoms with E-state index in [1.54, 1.807) is 49.4 Å². The van der Waals surface area contributed by atoms with E-state index in [4.69, 9.17) is 23.2 Å². The Morgan fingerprint density at radius 2 is 1.86 bits per heavy atom. The van der Waals surface area contributed by atoms with Crippen molar-refractivity contribution >= 4 is 60.4 Å². The number of halogens is 5. The van der Waals surface area contributed by atoms with Gasteiger partial charge in [-0.25, -0.2) is 0 Å². The van der Waals surface area contributed by atoms with Crippen molar-refractivity contribution in [2.75, 3.05) is 0 Å². The molecule has 0 aliphatic carbocycles. The molecule has 0 fully saturated rings. The molecule has 12 heteroatoms. The number of hydrogen-bond donors (Lipinski definition) is 1. The first-order valence-electron chi connectivity index (χ1n) is 10.8. The van der Waals surface area contributed by atoms with Gasteiger partial charge in [-0.05, 0) is 0 Å². The summed E-state index contributed by atoms with van der Waals surface area (Å²) in [6.45, 7) is 1.75. The fourth-order valence-corrected chi connectivity index (χ4v) is 6.92. The van der Waals surface area contributed by atoms with Gasteiger partial charge in [0.15, 0.2) is 0 Å². The molecular weight excluding hydrogens is 593 g/mol. The van der Waals surface area contributed by atoms with Gasteiger partial charge in [-0.3, -0.25) is 0 Å². The monoisotopic (exact) mass is 610 g/mol. The molecular formula is C25H18AsCl2F3N3O3. The number of carbonyl (C=O) groups is 2. The number of carbonyl (C=O) groups excluding carboxylic acids is 1. The summed E-state index contributed by atoms with van der Waals surface area (Å²) >= 11 is 11.0. The van der Waals surface area contributed by atoms with Crippen molar-refractivity contribution < 1.29 is 27.9 Å². The maximum absolute atomic E-state index is 13.5. The molecule has 1 N–H and O–H groups in total. The molecule has 4 aromatic rings. The van der Waals surface area contributed by atoms with Crippen molar-refractivity contribution in [2.24, 2.45) is 7.05 Å². The number of carboxylic acid groups (broad SMARTS) is 1. The molecule has 2 heterocycles. The van der Waals surface area contributed by atoms with E-state index < -0.39 is 38.3 Å². The number of carboxylic acids is 1. The van der Waals surface area contributed by atoms with Crippen LogP contribution in [0.3, 0.4) is 0 Å². The molecule has 2 aromatic carbocycles. The Balaban J connectivity index is 1.62. The Kier molecular flexibility index (Phi) is 7.69. The number of aliphatic carboxylic acids is 1. The van der Waals surface area contributed by atoms with E-state index in [1.165, 1.54) is 13.1 Å². The van der Waals surface area contributed by atoms with Gasteiger partial charge >= 0.3 is 227 Å². The Morgan fingerprint density at radius 3 is 2.51 bits per heavy atom. The zero-order valence-electron chi connectivity index (χ0n) is 19.3. The summed E-state index contributed by atoms with van der Waals surface area (Å²) in [5, 5.41) is 14.0. The van der Waals surface area contributed by atoms with E-state index in [0.717, 1.165) is 4.68 Å². The third-order valence-electron chi connectivity index (χ3n) is 5.68. The van der Waals surface area contributed by atoms with Gasteiger partial charge in [0.1, 0.15) is 0 Å². The number of fused-ring (bicyclic) bond motifs is 1. The van der Waals surface area contributed by atoms with Gasteiger partial charge in [0.25, 0.3) is 0 Å². The summed E-state index contributed by atoms with van der Waals surface area (Å²) in [4.78, 5) is 29.2. The Bertz CT molecular complexity index is 1520. The summed E-state index contributed by atoms with van der Waals surface area (Å²) in [6, 6.07) is 13.0. The summed E-state index contributed by atoms with van der Waals surface area (Å²) in [6.07, 6.45) is -4.61. The fraction of sp³-hybridized carbons (Fsp3) is 0.200. The van der Waals surface area contributed by atoms with E-state index in [2.05, 4.69) is 10.1 Å². The van der Waals surface area contributed by atoms with Crippen LogP contribution in [0.4, 0.5) is 13.2 Å². The normalized spacial score (nSPS) is 12.9. The van der Waals surface area contributed by atoms with Crippen LogP contribution in [0.25, 0.3) is 22.2 Å². The SMILES string of the molecule is Cc1cccc(Cl)c1C(=O)[As]C(Cc1ccc2nc(-c3c(C(F)(F)F)nn(C)c3Cl)ccc2c1)C(=O)O. The molecule has 0 saturated heterocycles. The molecule has 0 aliphatic rings. The molecule has 191 valence electrons. The number of benzene rings is 2. The first-order valence-corrected chi connectivity index (χ1v) is 13.6. The second-order valence-electron chi connectivity index (χ2n) is 8.28. The molecule has 6 nitrogen and oxygen atoms in total. The molecule has 1 atom stereocenters. The second kappa shape index (κ2) is 10.5. The average Bonchev–Trinajstić information content (AvgIpc) is 3.13. The van der Waals surface area contributed by atoms with E-state index in [0.29, 0.717) is 32.6 Å². The fourth-order valence-electron chi connectivity index (χ4n) is 3.89. The van der Waals surface area contributed by atoms with Crippen LogP contribution < -0.4 is 0 Å². The number of alkyl halides is 3. The van der Waals surface area contributed by atoms with E-state index in [9.17, 15) is 27.9 Å². The van der Waals surface area contributed by atoms with Crippen LogP contribution in [-0.2, 0) is 24.4 Å². The first kappa shape index (κ1) is 27.2. The molecule has 37 heavy (non-hydrogen) atoms. The minimum absolute atomic E-state index is 0.0137. The van der Waals surface area contributed by atoms with Gasteiger partial charge in [0.05, 0.1) is 0 Å². The van der Waals surface area contributed by atoms with Crippen LogP contribution in [-0.4, -0.2) is 46.2 Å². The van der Waals surface area contributed by atoms with Crippen LogP contribution in [0.5, 0.6) is 0 Å². The van der Waals surface area contributed by atoms with Crippen LogP contribution >= 0.6 is 23.2 Å². The predicted octanol–water partition coefficient (Wildman–Crippen LogP) is 6.23. The van der Waals surface area contributed by atoms with Crippen molar-refractivity contribution in [1.29, 1.82) is 0 Å². The molecule has 0 aliphatic heterocycles. The second-order valence-corrected chi connectivity index (χ2v) is 11.8. The molecule has 0 spiro atoms. The zero-order valence-corrected chi connectivity index (χ0v) is 22.7. The van der Waals surface area contributed by atoms with Gasteiger partial charge in [0.2, 0.25) is 0 Å². The maximum atomic E-state index is 13.5. The number of rotatable bonds is 7. The van der Waals surface area contributed by atoms with Crippen molar-refractivity contribution in [2.45, 2.75) is 24.2 Å².